The Morgan fingerprint density at radius 2 is 1.95 bits per heavy atom. The van der Waals surface area contributed by atoms with Gasteiger partial charge in [0.15, 0.2) is 5.13 Å². The fourth-order valence-corrected chi connectivity index (χ4v) is 3.52. The summed E-state index contributed by atoms with van der Waals surface area (Å²) in [6.07, 6.45) is 0. The minimum absolute atomic E-state index is 0.130. The van der Waals surface area contributed by atoms with Crippen molar-refractivity contribution in [1.29, 1.82) is 0 Å². The van der Waals surface area contributed by atoms with Crippen LogP contribution in [0.4, 0.5) is 5.13 Å². The molecule has 19 heavy (non-hydrogen) atoms. The minimum Gasteiger partial charge on any atom is -0.366 e. The van der Waals surface area contributed by atoms with Crippen LogP contribution in [0.25, 0.3) is 0 Å². The molecule has 1 aromatic rings. The van der Waals surface area contributed by atoms with Crippen LogP contribution in [-0.2, 0) is 11.3 Å². The minimum atomic E-state index is -0.130. The van der Waals surface area contributed by atoms with Crippen LogP contribution in [-0.4, -0.2) is 35.8 Å². The van der Waals surface area contributed by atoms with Crippen LogP contribution in [0.5, 0.6) is 0 Å². The fraction of sp³-hybridized carbons (Fsp3) is 0.786. The van der Waals surface area contributed by atoms with Crippen molar-refractivity contribution in [2.75, 3.05) is 24.5 Å². The van der Waals surface area contributed by atoms with E-state index in [2.05, 4.69) is 50.2 Å². The lowest BCUT2D eigenvalue weighted by atomic mass is 9.99. The smallest absolute Gasteiger partial charge is 0.185 e. The summed E-state index contributed by atoms with van der Waals surface area (Å²) >= 11 is 1.73. The van der Waals surface area contributed by atoms with Gasteiger partial charge in [0.25, 0.3) is 0 Å². The Labute approximate surface area is 120 Å². The van der Waals surface area contributed by atoms with Gasteiger partial charge in [-0.3, -0.25) is 0 Å². The molecule has 0 aliphatic carbocycles. The van der Waals surface area contributed by atoms with Crippen LogP contribution in [0.3, 0.4) is 0 Å². The summed E-state index contributed by atoms with van der Waals surface area (Å²) in [4.78, 5) is 7.08. The van der Waals surface area contributed by atoms with Crippen molar-refractivity contribution in [1.82, 2.24) is 10.3 Å². The fourth-order valence-electron chi connectivity index (χ4n) is 2.70. The first-order chi connectivity index (χ1) is 8.81. The number of nitrogens with zero attached hydrogens (tertiary/aromatic N) is 2. The van der Waals surface area contributed by atoms with Crippen molar-refractivity contribution in [2.24, 2.45) is 0 Å². The van der Waals surface area contributed by atoms with Crippen molar-refractivity contribution >= 4 is 16.5 Å². The first kappa shape index (κ1) is 14.8. The number of hydrogen-bond acceptors (Lipinski definition) is 5. The average molecular weight is 283 g/mol. The summed E-state index contributed by atoms with van der Waals surface area (Å²) in [6, 6.07) is 0. The summed E-state index contributed by atoms with van der Waals surface area (Å²) in [5.41, 5.74) is 0.869. The zero-order valence-electron chi connectivity index (χ0n) is 12.6. The molecule has 0 saturated carbocycles. The van der Waals surface area contributed by atoms with Gasteiger partial charge in [0.2, 0.25) is 0 Å². The van der Waals surface area contributed by atoms with Crippen LogP contribution in [0, 0.1) is 0 Å². The molecule has 1 aliphatic rings. The van der Waals surface area contributed by atoms with Crippen LogP contribution in [0.15, 0.2) is 5.38 Å². The predicted molar refractivity (Wildman–Crippen MR) is 81.0 cm³/mol. The third kappa shape index (κ3) is 3.91. The van der Waals surface area contributed by atoms with E-state index < -0.39 is 0 Å². The van der Waals surface area contributed by atoms with E-state index in [4.69, 9.17) is 9.72 Å². The number of hydrogen-bond donors (Lipinski definition) is 1. The van der Waals surface area contributed by atoms with Crippen LogP contribution in [0.2, 0.25) is 0 Å². The number of anilines is 1. The normalized spacial score (nSPS) is 21.6. The summed E-state index contributed by atoms with van der Waals surface area (Å²) < 4.78 is 6.11. The van der Waals surface area contributed by atoms with E-state index in [1.54, 1.807) is 11.3 Å². The largest absolute Gasteiger partial charge is 0.366 e. The Morgan fingerprint density at radius 3 is 2.53 bits per heavy atom. The van der Waals surface area contributed by atoms with E-state index >= 15 is 0 Å². The molecular weight excluding hydrogens is 258 g/mol. The van der Waals surface area contributed by atoms with Gasteiger partial charge in [0, 0.05) is 25.0 Å². The Balaban J connectivity index is 2.10. The Morgan fingerprint density at radius 1 is 1.32 bits per heavy atom. The van der Waals surface area contributed by atoms with Gasteiger partial charge in [-0.25, -0.2) is 4.98 Å². The van der Waals surface area contributed by atoms with Gasteiger partial charge in [0.1, 0.15) is 0 Å². The highest BCUT2D eigenvalue weighted by Crippen LogP contribution is 2.32. The molecule has 1 aliphatic heterocycles. The first-order valence-electron chi connectivity index (χ1n) is 6.91. The SMILES string of the molecule is CCNCc1csc(N2CC(C)(C)OC(C)(C)C2)n1. The lowest BCUT2D eigenvalue weighted by Crippen LogP contribution is -2.57. The maximum atomic E-state index is 6.11. The topological polar surface area (TPSA) is 37.4 Å². The molecule has 1 aromatic heterocycles. The second-order valence-electron chi connectivity index (χ2n) is 6.38. The molecule has 0 unspecified atom stereocenters. The Kier molecular flexibility index (Phi) is 4.18. The molecule has 2 rings (SSSR count). The molecule has 0 bridgehead atoms. The summed E-state index contributed by atoms with van der Waals surface area (Å²) in [5, 5.41) is 6.57. The van der Waals surface area contributed by atoms with E-state index in [1.807, 2.05) is 0 Å². The molecule has 1 N–H and O–H groups in total. The van der Waals surface area contributed by atoms with E-state index in [1.165, 1.54) is 0 Å². The van der Waals surface area contributed by atoms with E-state index in [9.17, 15) is 0 Å². The molecule has 108 valence electrons. The molecule has 4 nitrogen and oxygen atoms in total. The Hall–Kier alpha value is -0.650. The molecule has 5 heteroatoms. The van der Waals surface area contributed by atoms with Crippen molar-refractivity contribution in [3.05, 3.63) is 11.1 Å². The van der Waals surface area contributed by atoms with Crippen LogP contribution < -0.4 is 10.2 Å². The average Bonchev–Trinajstić information content (AvgIpc) is 2.70. The van der Waals surface area contributed by atoms with Crippen molar-refractivity contribution < 1.29 is 4.74 Å². The highest BCUT2D eigenvalue weighted by atomic mass is 32.1. The summed E-state index contributed by atoms with van der Waals surface area (Å²) in [6.45, 7) is 14.3. The maximum Gasteiger partial charge on any atom is 0.185 e. The second-order valence-corrected chi connectivity index (χ2v) is 7.22. The molecule has 2 heterocycles. The molecule has 0 atom stereocenters. The molecule has 0 radical (unpaired) electrons. The molecule has 1 saturated heterocycles. The third-order valence-corrected chi connectivity index (χ3v) is 4.01. The lowest BCUT2D eigenvalue weighted by molar-refractivity contribution is -0.133. The number of ether oxygens (including phenoxy) is 1. The van der Waals surface area contributed by atoms with Gasteiger partial charge < -0.3 is 15.0 Å². The summed E-state index contributed by atoms with van der Waals surface area (Å²) in [5.74, 6) is 0. The quantitative estimate of drug-likeness (QED) is 0.922. The van der Waals surface area contributed by atoms with Gasteiger partial charge in [-0.1, -0.05) is 6.92 Å². The molecule has 0 aromatic carbocycles. The number of nitrogens with one attached hydrogen (secondary N) is 1. The summed E-state index contributed by atoms with van der Waals surface area (Å²) in [7, 11) is 0. The van der Waals surface area contributed by atoms with E-state index in [0.29, 0.717) is 0 Å². The zero-order chi connectivity index (χ0) is 14.1. The number of rotatable bonds is 4. The maximum absolute atomic E-state index is 6.11. The van der Waals surface area contributed by atoms with Gasteiger partial charge >= 0.3 is 0 Å². The second kappa shape index (κ2) is 5.38. The predicted octanol–water partition coefficient (Wildman–Crippen LogP) is 2.65. The molecule has 1 fully saturated rings. The Bertz CT molecular complexity index is 412. The van der Waals surface area contributed by atoms with Gasteiger partial charge in [-0.2, -0.15) is 0 Å². The van der Waals surface area contributed by atoms with Crippen molar-refractivity contribution in [3.8, 4) is 0 Å². The molecule has 0 amide bonds. The highest BCUT2D eigenvalue weighted by Gasteiger charge is 2.38. The van der Waals surface area contributed by atoms with Crippen molar-refractivity contribution in [3.63, 3.8) is 0 Å². The molecule has 0 spiro atoms. The third-order valence-electron chi connectivity index (χ3n) is 3.06. The monoisotopic (exact) mass is 283 g/mol. The zero-order valence-corrected chi connectivity index (χ0v) is 13.4. The highest BCUT2D eigenvalue weighted by molar-refractivity contribution is 7.13. The van der Waals surface area contributed by atoms with Gasteiger partial charge in [-0.05, 0) is 34.2 Å². The van der Waals surface area contributed by atoms with E-state index in [-0.39, 0.29) is 11.2 Å². The number of thiazole rings is 1. The van der Waals surface area contributed by atoms with Crippen molar-refractivity contribution in [2.45, 2.75) is 52.4 Å². The van der Waals surface area contributed by atoms with E-state index in [0.717, 1.165) is 37.0 Å². The van der Waals surface area contributed by atoms with Crippen LogP contribution in [0.1, 0.15) is 40.3 Å². The standard InChI is InChI=1S/C14H25N3OS/c1-6-15-7-11-8-19-12(16-11)17-9-13(2,3)18-14(4,5)10-17/h8,15H,6-7,9-10H2,1-5H3. The number of morpholine rings is 1. The number of aromatic nitrogens is 1. The molecular formula is C14H25N3OS. The van der Waals surface area contributed by atoms with Crippen LogP contribution >= 0.6 is 11.3 Å². The first-order valence-corrected chi connectivity index (χ1v) is 7.79. The van der Waals surface area contributed by atoms with Gasteiger partial charge in [0.05, 0.1) is 16.9 Å². The lowest BCUT2D eigenvalue weighted by Gasteiger charge is -2.47. The van der Waals surface area contributed by atoms with Gasteiger partial charge in [-0.15, -0.1) is 11.3 Å².